The molecule has 1 amide bonds. The van der Waals surface area contributed by atoms with Crippen molar-refractivity contribution in [3.8, 4) is 0 Å². The van der Waals surface area contributed by atoms with Crippen molar-refractivity contribution in [1.29, 1.82) is 0 Å². The van der Waals surface area contributed by atoms with Crippen LogP contribution in [0.15, 0.2) is 48.5 Å². The fraction of sp³-hybridized carbons (Fsp3) is 0.222. The summed E-state index contributed by atoms with van der Waals surface area (Å²) in [6.07, 6.45) is 0. The average molecular weight is 347 g/mol. The smallest absolute Gasteiger partial charge is 0.316 e. The molecule has 0 radical (unpaired) electrons. The first kappa shape index (κ1) is 18.0. The second-order valence-electron chi connectivity index (χ2n) is 5.19. The molecule has 0 heterocycles. The van der Waals surface area contributed by atoms with E-state index in [-0.39, 0.29) is 35.8 Å². The monoisotopic (exact) mass is 347 g/mol. The van der Waals surface area contributed by atoms with E-state index in [0.717, 1.165) is 11.1 Å². The molecule has 0 saturated carbocycles. The van der Waals surface area contributed by atoms with Gasteiger partial charge in [-0.1, -0.05) is 29.8 Å². The van der Waals surface area contributed by atoms with Gasteiger partial charge in [0.05, 0.1) is 11.5 Å². The van der Waals surface area contributed by atoms with Crippen molar-refractivity contribution in [2.75, 3.05) is 16.8 Å². The highest BCUT2D eigenvalue weighted by atomic mass is 32.2. The normalized spacial score (nSPS) is 10.2. The first-order valence-corrected chi connectivity index (χ1v) is 8.53. The lowest BCUT2D eigenvalue weighted by molar-refractivity contribution is -0.141. The van der Waals surface area contributed by atoms with Gasteiger partial charge >= 0.3 is 5.97 Å². The first-order chi connectivity index (χ1) is 11.5. The number of aryl methyl sites for hydroxylation is 1. The number of carbonyl (C=O) groups is 2. The minimum Gasteiger partial charge on any atom is -0.460 e. The molecule has 0 fully saturated rings. The maximum Gasteiger partial charge on any atom is 0.316 e. The summed E-state index contributed by atoms with van der Waals surface area (Å²) in [5.74, 6) is -0.758. The van der Waals surface area contributed by atoms with Crippen LogP contribution >= 0.6 is 11.8 Å². The summed E-state index contributed by atoms with van der Waals surface area (Å²) in [7, 11) is 0. The van der Waals surface area contributed by atoms with Crippen LogP contribution in [0.3, 0.4) is 0 Å². The molecule has 126 valence electrons. The lowest BCUT2D eigenvalue weighted by Gasteiger charge is -2.06. The van der Waals surface area contributed by atoms with Gasteiger partial charge < -0.3 is 10.1 Å². The fourth-order valence-electron chi connectivity index (χ4n) is 1.85. The lowest BCUT2D eigenvalue weighted by atomic mass is 10.2. The summed E-state index contributed by atoms with van der Waals surface area (Å²) in [4.78, 5) is 23.4. The number of thioether (sulfide) groups is 1. The number of rotatable bonds is 7. The summed E-state index contributed by atoms with van der Waals surface area (Å²) in [5.41, 5.74) is 2.59. The molecule has 0 aromatic heterocycles. The number of amides is 1. The summed E-state index contributed by atoms with van der Waals surface area (Å²) in [6, 6.07) is 13.2. The van der Waals surface area contributed by atoms with E-state index in [1.807, 2.05) is 31.2 Å². The molecule has 0 saturated heterocycles. The van der Waals surface area contributed by atoms with Gasteiger partial charge in [0.2, 0.25) is 5.91 Å². The van der Waals surface area contributed by atoms with E-state index in [2.05, 4.69) is 5.32 Å². The van der Waals surface area contributed by atoms with Crippen LogP contribution in [0.1, 0.15) is 11.1 Å². The largest absolute Gasteiger partial charge is 0.460 e. The number of ether oxygens (including phenoxy) is 1. The van der Waals surface area contributed by atoms with Crippen molar-refractivity contribution in [3.05, 3.63) is 65.5 Å². The molecular formula is C18H18FNO3S. The Labute approximate surface area is 144 Å². The highest BCUT2D eigenvalue weighted by Crippen LogP contribution is 2.10. The van der Waals surface area contributed by atoms with Gasteiger partial charge in [0.15, 0.2) is 0 Å². The molecule has 0 aliphatic heterocycles. The molecule has 6 heteroatoms. The highest BCUT2D eigenvalue weighted by Gasteiger charge is 2.07. The number of hydrogen-bond donors (Lipinski definition) is 1. The zero-order chi connectivity index (χ0) is 17.4. The third-order valence-electron chi connectivity index (χ3n) is 3.10. The summed E-state index contributed by atoms with van der Waals surface area (Å²) in [6.45, 7) is 2.21. The van der Waals surface area contributed by atoms with E-state index in [0.29, 0.717) is 5.69 Å². The molecule has 0 atom stereocenters. The third-order valence-corrected chi connectivity index (χ3v) is 4.01. The molecule has 0 spiro atoms. The van der Waals surface area contributed by atoms with Crippen LogP contribution < -0.4 is 5.32 Å². The highest BCUT2D eigenvalue weighted by molar-refractivity contribution is 8.00. The molecule has 2 aromatic carbocycles. The van der Waals surface area contributed by atoms with Gasteiger partial charge in [0.1, 0.15) is 12.4 Å². The minimum atomic E-state index is -0.366. The minimum absolute atomic E-state index is 0.0999. The summed E-state index contributed by atoms with van der Waals surface area (Å²) in [5, 5.41) is 2.63. The predicted octanol–water partition coefficient (Wildman–Crippen LogP) is 3.55. The quantitative estimate of drug-likeness (QED) is 0.778. The van der Waals surface area contributed by atoms with Crippen LogP contribution in [0.2, 0.25) is 0 Å². The number of benzene rings is 2. The van der Waals surface area contributed by atoms with Gasteiger partial charge in [-0.05, 0) is 36.8 Å². The Morgan fingerprint density at radius 3 is 2.38 bits per heavy atom. The molecule has 0 unspecified atom stereocenters. The standard InChI is InChI=1S/C18H18FNO3S/c1-13-2-4-14(5-3-13)10-23-18(22)12-24-11-17(21)20-16-8-6-15(19)7-9-16/h2-9H,10-12H2,1H3,(H,20,21). The van der Waals surface area contributed by atoms with Crippen LogP contribution in [0.5, 0.6) is 0 Å². The second kappa shape index (κ2) is 9.08. The molecule has 1 N–H and O–H groups in total. The van der Waals surface area contributed by atoms with Crippen molar-refractivity contribution in [2.24, 2.45) is 0 Å². The first-order valence-electron chi connectivity index (χ1n) is 7.37. The Kier molecular flexibility index (Phi) is 6.81. The number of esters is 1. The van der Waals surface area contributed by atoms with Crippen molar-refractivity contribution in [3.63, 3.8) is 0 Å². The van der Waals surface area contributed by atoms with Crippen LogP contribution in [0, 0.1) is 12.7 Å². The van der Waals surface area contributed by atoms with E-state index < -0.39 is 0 Å². The van der Waals surface area contributed by atoms with Crippen molar-refractivity contribution in [1.82, 2.24) is 0 Å². The van der Waals surface area contributed by atoms with Gasteiger partial charge in [-0.15, -0.1) is 11.8 Å². The van der Waals surface area contributed by atoms with E-state index in [9.17, 15) is 14.0 Å². The third kappa shape index (κ3) is 6.42. The van der Waals surface area contributed by atoms with E-state index >= 15 is 0 Å². The van der Waals surface area contributed by atoms with Gasteiger partial charge in [-0.2, -0.15) is 0 Å². The molecule has 24 heavy (non-hydrogen) atoms. The molecular weight excluding hydrogens is 329 g/mol. The molecule has 2 aromatic rings. The average Bonchev–Trinajstić information content (AvgIpc) is 2.56. The maximum absolute atomic E-state index is 12.8. The Balaban J connectivity index is 1.63. The number of halogens is 1. The summed E-state index contributed by atoms with van der Waals surface area (Å²) < 4.78 is 17.9. The van der Waals surface area contributed by atoms with E-state index in [1.165, 1.54) is 36.0 Å². The van der Waals surface area contributed by atoms with Crippen LogP contribution in [-0.4, -0.2) is 23.4 Å². The van der Waals surface area contributed by atoms with Gasteiger partial charge in [0, 0.05) is 5.69 Å². The Bertz CT molecular complexity index is 686. The van der Waals surface area contributed by atoms with Crippen molar-refractivity contribution < 1.29 is 18.7 Å². The zero-order valence-corrected chi connectivity index (χ0v) is 14.1. The number of nitrogens with one attached hydrogen (secondary N) is 1. The van der Waals surface area contributed by atoms with Crippen molar-refractivity contribution >= 4 is 29.3 Å². The lowest BCUT2D eigenvalue weighted by Crippen LogP contribution is -2.16. The molecule has 0 aliphatic rings. The number of carbonyl (C=O) groups excluding carboxylic acids is 2. The molecule has 2 rings (SSSR count). The van der Waals surface area contributed by atoms with E-state index in [4.69, 9.17) is 4.74 Å². The SMILES string of the molecule is Cc1ccc(COC(=O)CSCC(=O)Nc2ccc(F)cc2)cc1. The maximum atomic E-state index is 12.8. The Morgan fingerprint density at radius 1 is 1.04 bits per heavy atom. The van der Waals surface area contributed by atoms with Gasteiger partial charge in [-0.3, -0.25) is 9.59 Å². The van der Waals surface area contributed by atoms with Gasteiger partial charge in [0.25, 0.3) is 0 Å². The summed E-state index contributed by atoms with van der Waals surface area (Å²) >= 11 is 1.17. The van der Waals surface area contributed by atoms with Crippen molar-refractivity contribution in [2.45, 2.75) is 13.5 Å². The second-order valence-corrected chi connectivity index (χ2v) is 6.18. The van der Waals surface area contributed by atoms with E-state index in [1.54, 1.807) is 0 Å². The van der Waals surface area contributed by atoms with Crippen LogP contribution in [-0.2, 0) is 20.9 Å². The fourth-order valence-corrected chi connectivity index (χ4v) is 2.46. The topological polar surface area (TPSA) is 55.4 Å². The Morgan fingerprint density at radius 2 is 1.71 bits per heavy atom. The zero-order valence-electron chi connectivity index (χ0n) is 13.3. The molecule has 4 nitrogen and oxygen atoms in total. The molecule has 0 aliphatic carbocycles. The Hall–Kier alpha value is -2.34. The van der Waals surface area contributed by atoms with Gasteiger partial charge in [-0.25, -0.2) is 4.39 Å². The predicted molar refractivity (Wildman–Crippen MR) is 93.3 cm³/mol. The molecule has 0 bridgehead atoms. The number of anilines is 1. The van der Waals surface area contributed by atoms with Crippen LogP contribution in [0.4, 0.5) is 10.1 Å². The van der Waals surface area contributed by atoms with Crippen LogP contribution in [0.25, 0.3) is 0 Å². The number of hydrogen-bond acceptors (Lipinski definition) is 4.